The fourth-order valence-electron chi connectivity index (χ4n) is 5.08. The highest BCUT2D eigenvalue weighted by molar-refractivity contribution is 7.89. The molecule has 0 atom stereocenters. The predicted octanol–water partition coefficient (Wildman–Crippen LogP) is 3.13. The summed E-state index contributed by atoms with van der Waals surface area (Å²) < 4.78 is 26.3. The van der Waals surface area contributed by atoms with Crippen molar-refractivity contribution < 1.29 is 8.42 Å². The third kappa shape index (κ3) is 5.04. The van der Waals surface area contributed by atoms with Crippen molar-refractivity contribution in [3.8, 4) is 0 Å². The molecule has 0 spiro atoms. The summed E-state index contributed by atoms with van der Waals surface area (Å²) in [5.74, 6) is 1.47. The Bertz CT molecular complexity index is 758. The molecule has 0 N–H and O–H groups in total. The minimum absolute atomic E-state index is 0.316. The summed E-state index contributed by atoms with van der Waals surface area (Å²) in [6, 6.07) is 9.36. The molecule has 1 aromatic carbocycles. The molecule has 3 fully saturated rings. The summed E-state index contributed by atoms with van der Waals surface area (Å²) in [6.07, 6.45) is 5.25. The van der Waals surface area contributed by atoms with Crippen LogP contribution in [-0.2, 0) is 16.6 Å². The minimum Gasteiger partial charge on any atom is -0.300 e. The molecule has 162 valence electrons. The molecule has 4 rings (SSSR count). The molecule has 3 aliphatic rings. The van der Waals surface area contributed by atoms with Crippen LogP contribution in [0.2, 0.25) is 0 Å². The van der Waals surface area contributed by atoms with E-state index >= 15 is 0 Å². The molecule has 5 nitrogen and oxygen atoms in total. The summed E-state index contributed by atoms with van der Waals surface area (Å²) in [4.78, 5) is 5.02. The van der Waals surface area contributed by atoms with Crippen LogP contribution in [0.1, 0.15) is 56.6 Å². The van der Waals surface area contributed by atoms with Crippen molar-refractivity contribution >= 4 is 10.0 Å². The van der Waals surface area contributed by atoms with Crippen molar-refractivity contribution in [1.82, 2.24) is 14.1 Å². The lowest BCUT2D eigenvalue weighted by atomic mass is 9.71. The fourth-order valence-corrected chi connectivity index (χ4v) is 6.35. The maximum atomic E-state index is 12.3. The maximum absolute atomic E-state index is 12.3. The molecule has 2 aliphatic heterocycles. The number of rotatable bonds is 7. The van der Waals surface area contributed by atoms with Gasteiger partial charge in [-0.05, 0) is 75.6 Å². The van der Waals surface area contributed by atoms with E-state index in [2.05, 4.69) is 34.1 Å². The van der Waals surface area contributed by atoms with Gasteiger partial charge in [-0.25, -0.2) is 8.42 Å². The normalized spacial score (nSPS) is 27.4. The lowest BCUT2D eigenvalue weighted by molar-refractivity contribution is 0.124. The van der Waals surface area contributed by atoms with Crippen molar-refractivity contribution in [2.45, 2.75) is 57.2 Å². The van der Waals surface area contributed by atoms with Gasteiger partial charge in [-0.15, -0.1) is 0 Å². The SMILES string of the molecule is CC(C)S(=O)(=O)N1CCN(C[C@H]2C[C@H](c3ccc(CN4CCCC4)cc3)C2)CC1. The molecule has 1 aliphatic carbocycles. The second-order valence-electron chi connectivity index (χ2n) is 9.55. The van der Waals surface area contributed by atoms with Gasteiger partial charge in [0.2, 0.25) is 10.0 Å². The zero-order chi connectivity index (χ0) is 20.4. The van der Waals surface area contributed by atoms with Gasteiger partial charge in [-0.2, -0.15) is 4.31 Å². The minimum atomic E-state index is -3.10. The van der Waals surface area contributed by atoms with Gasteiger partial charge in [0.05, 0.1) is 5.25 Å². The van der Waals surface area contributed by atoms with E-state index in [4.69, 9.17) is 0 Å². The Morgan fingerprint density at radius 2 is 1.52 bits per heavy atom. The molecular formula is C23H37N3O2S. The van der Waals surface area contributed by atoms with Crippen molar-refractivity contribution in [2.24, 2.45) is 5.92 Å². The maximum Gasteiger partial charge on any atom is 0.216 e. The molecule has 2 saturated heterocycles. The molecule has 0 radical (unpaired) electrons. The molecule has 29 heavy (non-hydrogen) atoms. The number of hydrogen-bond acceptors (Lipinski definition) is 4. The first kappa shape index (κ1) is 21.3. The van der Waals surface area contributed by atoms with E-state index in [-0.39, 0.29) is 5.25 Å². The number of sulfonamides is 1. The number of likely N-dealkylation sites (tertiary alicyclic amines) is 1. The van der Waals surface area contributed by atoms with E-state index in [0.29, 0.717) is 19.0 Å². The molecule has 6 heteroatoms. The van der Waals surface area contributed by atoms with Crippen molar-refractivity contribution in [3.05, 3.63) is 35.4 Å². The smallest absolute Gasteiger partial charge is 0.216 e. The van der Waals surface area contributed by atoms with Gasteiger partial charge < -0.3 is 4.90 Å². The molecule has 0 aromatic heterocycles. The Balaban J connectivity index is 1.19. The van der Waals surface area contributed by atoms with Crippen LogP contribution in [0, 0.1) is 5.92 Å². The van der Waals surface area contributed by atoms with Gasteiger partial charge in [-0.1, -0.05) is 24.3 Å². The number of hydrogen-bond donors (Lipinski definition) is 0. The Morgan fingerprint density at radius 1 is 0.897 bits per heavy atom. The molecule has 2 heterocycles. The first-order valence-corrected chi connectivity index (χ1v) is 12.9. The lowest BCUT2D eigenvalue weighted by Gasteiger charge is -2.41. The molecule has 0 amide bonds. The Morgan fingerprint density at radius 3 is 2.10 bits per heavy atom. The molecule has 0 bridgehead atoms. The lowest BCUT2D eigenvalue weighted by Crippen LogP contribution is -2.51. The van der Waals surface area contributed by atoms with Gasteiger partial charge in [0.15, 0.2) is 0 Å². The summed E-state index contributed by atoms with van der Waals surface area (Å²) in [6.45, 7) is 11.3. The van der Waals surface area contributed by atoms with Gasteiger partial charge in [0, 0.05) is 39.3 Å². The standard InChI is InChI=1S/C23H37N3O2S/c1-19(2)29(27,28)26-13-11-25(12-14-26)18-21-15-23(16-21)22-7-5-20(6-8-22)17-24-9-3-4-10-24/h5-8,19,21,23H,3-4,9-18H2,1-2H3/t21-,23-. The van der Waals surface area contributed by atoms with Crippen molar-refractivity contribution in [2.75, 3.05) is 45.8 Å². The van der Waals surface area contributed by atoms with E-state index in [0.717, 1.165) is 32.1 Å². The number of nitrogens with zero attached hydrogens (tertiary/aromatic N) is 3. The van der Waals surface area contributed by atoms with Crippen LogP contribution in [0.4, 0.5) is 0 Å². The number of piperazine rings is 1. The average molecular weight is 420 g/mol. The molecule has 1 saturated carbocycles. The topological polar surface area (TPSA) is 43.9 Å². The highest BCUT2D eigenvalue weighted by Crippen LogP contribution is 2.42. The highest BCUT2D eigenvalue weighted by atomic mass is 32.2. The highest BCUT2D eigenvalue weighted by Gasteiger charge is 2.34. The largest absolute Gasteiger partial charge is 0.300 e. The number of benzene rings is 1. The van der Waals surface area contributed by atoms with E-state index < -0.39 is 10.0 Å². The monoisotopic (exact) mass is 419 g/mol. The zero-order valence-corrected chi connectivity index (χ0v) is 18.9. The van der Waals surface area contributed by atoms with Gasteiger partial charge in [-0.3, -0.25) is 4.90 Å². The van der Waals surface area contributed by atoms with E-state index in [1.807, 2.05) is 0 Å². The Kier molecular flexibility index (Phi) is 6.64. The van der Waals surface area contributed by atoms with Crippen LogP contribution in [-0.4, -0.2) is 73.6 Å². The Labute approximate surface area is 177 Å². The molecule has 0 unspecified atom stereocenters. The van der Waals surface area contributed by atoms with E-state index in [1.54, 1.807) is 18.2 Å². The van der Waals surface area contributed by atoms with Crippen molar-refractivity contribution in [3.63, 3.8) is 0 Å². The second kappa shape index (κ2) is 9.04. The second-order valence-corrected chi connectivity index (χ2v) is 12.0. The first-order chi connectivity index (χ1) is 13.9. The Hall–Kier alpha value is -0.950. The quantitative estimate of drug-likeness (QED) is 0.681. The third-order valence-electron chi connectivity index (χ3n) is 7.09. The zero-order valence-electron chi connectivity index (χ0n) is 18.1. The summed E-state index contributed by atoms with van der Waals surface area (Å²) in [5, 5.41) is -0.316. The van der Waals surface area contributed by atoms with E-state index in [9.17, 15) is 8.42 Å². The predicted molar refractivity (Wildman–Crippen MR) is 118 cm³/mol. The van der Waals surface area contributed by atoms with Crippen LogP contribution in [0.5, 0.6) is 0 Å². The van der Waals surface area contributed by atoms with Crippen LogP contribution >= 0.6 is 0 Å². The van der Waals surface area contributed by atoms with Gasteiger partial charge >= 0.3 is 0 Å². The third-order valence-corrected chi connectivity index (χ3v) is 9.37. The van der Waals surface area contributed by atoms with E-state index in [1.165, 1.54) is 49.9 Å². The first-order valence-electron chi connectivity index (χ1n) is 11.4. The van der Waals surface area contributed by atoms with Crippen molar-refractivity contribution in [1.29, 1.82) is 0 Å². The summed E-state index contributed by atoms with van der Waals surface area (Å²) in [7, 11) is -3.10. The summed E-state index contributed by atoms with van der Waals surface area (Å²) in [5.41, 5.74) is 2.94. The van der Waals surface area contributed by atoms with Gasteiger partial charge in [0.1, 0.15) is 0 Å². The summed E-state index contributed by atoms with van der Waals surface area (Å²) >= 11 is 0. The van der Waals surface area contributed by atoms with Crippen LogP contribution in [0.25, 0.3) is 0 Å². The van der Waals surface area contributed by atoms with Crippen LogP contribution in [0.15, 0.2) is 24.3 Å². The average Bonchev–Trinajstić information content (AvgIpc) is 3.18. The molecule has 1 aromatic rings. The van der Waals surface area contributed by atoms with Gasteiger partial charge in [0.25, 0.3) is 0 Å². The van der Waals surface area contributed by atoms with Crippen LogP contribution in [0.3, 0.4) is 0 Å². The molecular weight excluding hydrogens is 382 g/mol. The van der Waals surface area contributed by atoms with Crippen LogP contribution < -0.4 is 0 Å². The fraction of sp³-hybridized carbons (Fsp3) is 0.739.